The minimum Gasteiger partial charge on any atom is -0.495 e. The summed E-state index contributed by atoms with van der Waals surface area (Å²) in [7, 11) is 1.47. The average Bonchev–Trinajstić information content (AvgIpc) is 2.27. The predicted molar refractivity (Wildman–Crippen MR) is 61.8 cm³/mol. The molecule has 0 radical (unpaired) electrons. The van der Waals surface area contributed by atoms with Crippen LogP contribution in [0.1, 0.15) is 11.6 Å². The quantitative estimate of drug-likeness (QED) is 0.904. The van der Waals surface area contributed by atoms with Gasteiger partial charge in [0.15, 0.2) is 0 Å². The van der Waals surface area contributed by atoms with Gasteiger partial charge in [-0.25, -0.2) is 0 Å². The van der Waals surface area contributed by atoms with E-state index in [4.69, 9.17) is 22.1 Å². The molecule has 0 saturated carbocycles. The van der Waals surface area contributed by atoms with Crippen LogP contribution in [0, 0.1) is 0 Å². The molecule has 1 atom stereocenters. The third-order valence-electron chi connectivity index (χ3n) is 2.17. The molecular weight excluding hydrogens is 271 g/mol. The minimum absolute atomic E-state index is 0.234. The van der Waals surface area contributed by atoms with Crippen molar-refractivity contribution in [2.24, 2.45) is 5.73 Å². The number of methoxy groups -OCH3 is 1. The van der Waals surface area contributed by atoms with Crippen LogP contribution in [-0.2, 0) is 4.74 Å². The van der Waals surface area contributed by atoms with Crippen LogP contribution in [0.4, 0.5) is 13.2 Å². The van der Waals surface area contributed by atoms with Gasteiger partial charge in [-0.05, 0) is 17.7 Å². The first-order valence-electron chi connectivity index (χ1n) is 5.07. The van der Waals surface area contributed by atoms with E-state index in [9.17, 15) is 13.2 Å². The van der Waals surface area contributed by atoms with E-state index in [1.807, 2.05) is 0 Å². The largest absolute Gasteiger partial charge is 0.495 e. The second kappa shape index (κ2) is 6.26. The highest BCUT2D eigenvalue weighted by atomic mass is 35.5. The van der Waals surface area contributed by atoms with Crippen LogP contribution < -0.4 is 10.5 Å². The normalized spacial score (nSPS) is 13.4. The number of benzene rings is 1. The number of halogens is 4. The first kappa shape index (κ1) is 15.1. The molecule has 7 heteroatoms. The SMILES string of the molecule is COc1ccc(C(N)COCC(F)(F)F)cc1Cl. The lowest BCUT2D eigenvalue weighted by Gasteiger charge is -2.14. The van der Waals surface area contributed by atoms with Crippen LogP contribution in [0.2, 0.25) is 5.02 Å². The fourth-order valence-electron chi connectivity index (χ4n) is 1.31. The zero-order valence-corrected chi connectivity index (χ0v) is 10.4. The zero-order valence-electron chi connectivity index (χ0n) is 9.63. The van der Waals surface area contributed by atoms with Crippen molar-refractivity contribution in [1.29, 1.82) is 0 Å². The molecular formula is C11H13ClF3NO2. The lowest BCUT2D eigenvalue weighted by atomic mass is 10.1. The van der Waals surface area contributed by atoms with Crippen LogP contribution in [0.3, 0.4) is 0 Å². The van der Waals surface area contributed by atoms with Crippen molar-refractivity contribution in [3.05, 3.63) is 28.8 Å². The molecule has 0 heterocycles. The Bertz CT molecular complexity index is 398. The van der Waals surface area contributed by atoms with Crippen LogP contribution in [0.25, 0.3) is 0 Å². The highest BCUT2D eigenvalue weighted by Gasteiger charge is 2.27. The molecule has 102 valence electrons. The molecule has 0 bridgehead atoms. The van der Waals surface area contributed by atoms with Gasteiger partial charge in [0.25, 0.3) is 0 Å². The molecule has 0 aliphatic heterocycles. The van der Waals surface area contributed by atoms with Gasteiger partial charge in [0.1, 0.15) is 12.4 Å². The Kier molecular flexibility index (Phi) is 5.25. The van der Waals surface area contributed by atoms with Gasteiger partial charge in [0.2, 0.25) is 0 Å². The topological polar surface area (TPSA) is 44.5 Å². The zero-order chi connectivity index (χ0) is 13.8. The summed E-state index contributed by atoms with van der Waals surface area (Å²) in [5.41, 5.74) is 6.28. The Morgan fingerprint density at radius 1 is 1.39 bits per heavy atom. The Morgan fingerprint density at radius 3 is 2.56 bits per heavy atom. The summed E-state index contributed by atoms with van der Waals surface area (Å²) in [6.07, 6.45) is -4.35. The smallest absolute Gasteiger partial charge is 0.411 e. The third kappa shape index (κ3) is 4.72. The van der Waals surface area contributed by atoms with Gasteiger partial charge >= 0.3 is 6.18 Å². The van der Waals surface area contributed by atoms with Crippen LogP contribution in [-0.4, -0.2) is 26.5 Å². The molecule has 18 heavy (non-hydrogen) atoms. The van der Waals surface area contributed by atoms with Crippen molar-refractivity contribution in [3.63, 3.8) is 0 Å². The monoisotopic (exact) mass is 283 g/mol. The maximum Gasteiger partial charge on any atom is 0.411 e. The minimum atomic E-state index is -4.35. The van der Waals surface area contributed by atoms with E-state index in [1.165, 1.54) is 7.11 Å². The lowest BCUT2D eigenvalue weighted by Crippen LogP contribution is -2.23. The summed E-state index contributed by atoms with van der Waals surface area (Å²) < 4.78 is 45.0. The summed E-state index contributed by atoms with van der Waals surface area (Å²) in [6.45, 7) is -1.55. The maximum atomic E-state index is 11.9. The van der Waals surface area contributed by atoms with Crippen LogP contribution in [0.15, 0.2) is 18.2 Å². The van der Waals surface area contributed by atoms with Gasteiger partial charge in [-0.2, -0.15) is 13.2 Å². The summed E-state index contributed by atoms with van der Waals surface area (Å²) in [5.74, 6) is 0.476. The summed E-state index contributed by atoms with van der Waals surface area (Å²) in [6, 6.07) is 4.10. The van der Waals surface area contributed by atoms with E-state index in [2.05, 4.69) is 4.74 Å². The van der Waals surface area contributed by atoms with E-state index in [-0.39, 0.29) is 6.61 Å². The highest BCUT2D eigenvalue weighted by Crippen LogP contribution is 2.27. The number of nitrogens with two attached hydrogens (primary N) is 1. The molecule has 0 aromatic heterocycles. The second-order valence-electron chi connectivity index (χ2n) is 3.63. The van der Waals surface area contributed by atoms with Crippen LogP contribution in [0.5, 0.6) is 5.75 Å². The molecule has 0 aliphatic rings. The molecule has 1 aromatic carbocycles. The number of ether oxygens (including phenoxy) is 2. The standard InChI is InChI=1S/C11H13ClF3NO2/c1-17-10-3-2-7(4-8(10)12)9(16)5-18-6-11(13,14)15/h2-4,9H,5-6,16H2,1H3. The molecule has 2 N–H and O–H groups in total. The van der Waals surface area contributed by atoms with Gasteiger partial charge in [-0.3, -0.25) is 0 Å². The van der Waals surface area contributed by atoms with Gasteiger partial charge in [-0.15, -0.1) is 0 Å². The van der Waals surface area contributed by atoms with E-state index in [0.29, 0.717) is 16.3 Å². The van der Waals surface area contributed by atoms with E-state index in [1.54, 1.807) is 18.2 Å². The van der Waals surface area contributed by atoms with Crippen molar-refractivity contribution >= 4 is 11.6 Å². The molecule has 0 aliphatic carbocycles. The number of rotatable bonds is 5. The Balaban J connectivity index is 2.56. The van der Waals surface area contributed by atoms with E-state index < -0.39 is 18.8 Å². The van der Waals surface area contributed by atoms with Crippen molar-refractivity contribution in [2.45, 2.75) is 12.2 Å². The second-order valence-corrected chi connectivity index (χ2v) is 4.04. The average molecular weight is 284 g/mol. The first-order chi connectivity index (χ1) is 8.33. The molecule has 0 spiro atoms. The molecule has 1 unspecified atom stereocenters. The van der Waals surface area contributed by atoms with Crippen molar-refractivity contribution in [3.8, 4) is 5.75 Å². The van der Waals surface area contributed by atoms with Gasteiger partial charge in [0, 0.05) is 0 Å². The van der Waals surface area contributed by atoms with Crippen LogP contribution >= 0.6 is 11.6 Å². The summed E-state index contributed by atoms with van der Waals surface area (Å²) in [5, 5.41) is 0.348. The first-order valence-corrected chi connectivity index (χ1v) is 5.45. The summed E-state index contributed by atoms with van der Waals surface area (Å²) in [4.78, 5) is 0. The summed E-state index contributed by atoms with van der Waals surface area (Å²) >= 11 is 5.88. The molecule has 0 amide bonds. The van der Waals surface area contributed by atoms with Crippen molar-refractivity contribution < 1.29 is 22.6 Å². The van der Waals surface area contributed by atoms with Gasteiger partial charge in [0.05, 0.1) is 24.8 Å². The molecule has 1 aromatic rings. The van der Waals surface area contributed by atoms with Gasteiger partial charge in [-0.1, -0.05) is 17.7 Å². The van der Waals surface area contributed by atoms with Crippen molar-refractivity contribution in [2.75, 3.05) is 20.3 Å². The number of alkyl halides is 3. The molecule has 1 rings (SSSR count). The number of hydrogen-bond acceptors (Lipinski definition) is 3. The Morgan fingerprint density at radius 2 is 2.06 bits per heavy atom. The van der Waals surface area contributed by atoms with E-state index in [0.717, 1.165) is 0 Å². The number of hydrogen-bond donors (Lipinski definition) is 1. The fraction of sp³-hybridized carbons (Fsp3) is 0.455. The van der Waals surface area contributed by atoms with Crippen molar-refractivity contribution in [1.82, 2.24) is 0 Å². The van der Waals surface area contributed by atoms with Gasteiger partial charge < -0.3 is 15.2 Å². The third-order valence-corrected chi connectivity index (χ3v) is 2.46. The highest BCUT2D eigenvalue weighted by molar-refractivity contribution is 6.32. The van der Waals surface area contributed by atoms with E-state index >= 15 is 0 Å². The molecule has 0 fully saturated rings. The molecule has 3 nitrogen and oxygen atoms in total. The Hall–Kier alpha value is -0.980. The fourth-order valence-corrected chi connectivity index (χ4v) is 1.58. The molecule has 0 saturated heterocycles. The Labute approximate surface area is 108 Å². The lowest BCUT2D eigenvalue weighted by molar-refractivity contribution is -0.174. The maximum absolute atomic E-state index is 11.9. The predicted octanol–water partition coefficient (Wildman–Crippen LogP) is 2.93.